The summed E-state index contributed by atoms with van der Waals surface area (Å²) in [5.74, 6) is 0.414. The van der Waals surface area contributed by atoms with Gasteiger partial charge in [-0.15, -0.1) is 0 Å². The lowest BCUT2D eigenvalue weighted by Crippen LogP contribution is -2.27. The number of rotatable bonds is 3. The predicted molar refractivity (Wildman–Crippen MR) is 69.6 cm³/mol. The van der Waals surface area contributed by atoms with Crippen LogP contribution in [0.25, 0.3) is 0 Å². The van der Waals surface area contributed by atoms with Crippen LogP contribution in [0.5, 0.6) is 5.75 Å². The Hall–Kier alpha value is -1.75. The van der Waals surface area contributed by atoms with Crippen LogP contribution in [0.4, 0.5) is 11.4 Å². The van der Waals surface area contributed by atoms with Gasteiger partial charge in [0.25, 0.3) is 5.91 Å². The normalized spacial score (nSPS) is 22.8. The fourth-order valence-corrected chi connectivity index (χ4v) is 2.02. The van der Waals surface area contributed by atoms with E-state index >= 15 is 0 Å². The fourth-order valence-electron chi connectivity index (χ4n) is 2.02. The standard InChI is InChI=1S/C13H18N2O3/c1-8-3-6-11(18-8)13(16)15-10-5-4-9(14)7-12(10)17-2/h4-5,7-8,11H,3,6,14H2,1-2H3,(H,15,16). The van der Waals surface area contributed by atoms with Crippen LogP contribution in [0.2, 0.25) is 0 Å². The Kier molecular flexibility index (Phi) is 3.72. The molecule has 0 saturated carbocycles. The minimum Gasteiger partial charge on any atom is -0.494 e. The van der Waals surface area contributed by atoms with Crippen molar-refractivity contribution in [3.05, 3.63) is 18.2 Å². The number of hydrogen-bond donors (Lipinski definition) is 2. The highest BCUT2D eigenvalue weighted by Crippen LogP contribution is 2.28. The van der Waals surface area contributed by atoms with Crippen molar-refractivity contribution in [3.8, 4) is 5.75 Å². The van der Waals surface area contributed by atoms with Gasteiger partial charge in [0.15, 0.2) is 0 Å². The number of methoxy groups -OCH3 is 1. The zero-order chi connectivity index (χ0) is 13.1. The van der Waals surface area contributed by atoms with Crippen molar-refractivity contribution in [1.29, 1.82) is 0 Å². The first-order valence-corrected chi connectivity index (χ1v) is 6.00. The third-order valence-corrected chi connectivity index (χ3v) is 3.01. The number of amides is 1. The van der Waals surface area contributed by atoms with E-state index in [2.05, 4.69) is 5.32 Å². The maximum Gasteiger partial charge on any atom is 0.253 e. The molecule has 0 aromatic heterocycles. The molecule has 5 heteroatoms. The summed E-state index contributed by atoms with van der Waals surface area (Å²) in [7, 11) is 1.54. The van der Waals surface area contributed by atoms with E-state index in [0.29, 0.717) is 17.1 Å². The molecule has 2 unspecified atom stereocenters. The third kappa shape index (κ3) is 2.73. The van der Waals surface area contributed by atoms with Gasteiger partial charge in [0.05, 0.1) is 18.9 Å². The minimum absolute atomic E-state index is 0.137. The lowest BCUT2D eigenvalue weighted by Gasteiger charge is -2.14. The fraction of sp³-hybridized carbons (Fsp3) is 0.462. The van der Waals surface area contributed by atoms with Gasteiger partial charge in [0.1, 0.15) is 11.9 Å². The van der Waals surface area contributed by atoms with Crippen molar-refractivity contribution in [2.45, 2.75) is 32.0 Å². The van der Waals surface area contributed by atoms with Gasteiger partial charge in [0, 0.05) is 11.8 Å². The second-order valence-corrected chi connectivity index (χ2v) is 4.46. The molecule has 3 N–H and O–H groups in total. The summed E-state index contributed by atoms with van der Waals surface area (Å²) in [4.78, 5) is 12.0. The second kappa shape index (κ2) is 5.27. The Morgan fingerprint density at radius 3 is 2.89 bits per heavy atom. The van der Waals surface area contributed by atoms with Crippen molar-refractivity contribution in [2.75, 3.05) is 18.2 Å². The average Bonchev–Trinajstić information content (AvgIpc) is 2.78. The summed E-state index contributed by atoms with van der Waals surface area (Å²) in [6.07, 6.45) is 1.44. The van der Waals surface area contributed by atoms with E-state index in [4.69, 9.17) is 15.2 Å². The van der Waals surface area contributed by atoms with E-state index in [9.17, 15) is 4.79 Å². The lowest BCUT2D eigenvalue weighted by molar-refractivity contribution is -0.126. The van der Waals surface area contributed by atoms with Gasteiger partial charge in [-0.25, -0.2) is 0 Å². The highest BCUT2D eigenvalue weighted by molar-refractivity contribution is 5.95. The molecule has 0 spiro atoms. The average molecular weight is 250 g/mol. The maximum absolute atomic E-state index is 12.0. The van der Waals surface area contributed by atoms with E-state index < -0.39 is 0 Å². The molecule has 98 valence electrons. The van der Waals surface area contributed by atoms with Crippen molar-refractivity contribution in [1.82, 2.24) is 0 Å². The highest BCUT2D eigenvalue weighted by atomic mass is 16.5. The van der Waals surface area contributed by atoms with Crippen molar-refractivity contribution >= 4 is 17.3 Å². The van der Waals surface area contributed by atoms with Crippen LogP contribution in [0.3, 0.4) is 0 Å². The van der Waals surface area contributed by atoms with Gasteiger partial charge >= 0.3 is 0 Å². The van der Waals surface area contributed by atoms with Gasteiger partial charge < -0.3 is 20.5 Å². The number of benzene rings is 1. The molecule has 1 heterocycles. The number of anilines is 2. The number of nitrogens with one attached hydrogen (secondary N) is 1. The van der Waals surface area contributed by atoms with Crippen LogP contribution in [-0.4, -0.2) is 25.2 Å². The molecule has 1 aliphatic heterocycles. The molecule has 18 heavy (non-hydrogen) atoms. The summed E-state index contributed by atoms with van der Waals surface area (Å²) in [5.41, 5.74) is 6.86. The summed E-state index contributed by atoms with van der Waals surface area (Å²) < 4.78 is 10.7. The van der Waals surface area contributed by atoms with Gasteiger partial charge in [-0.2, -0.15) is 0 Å². The van der Waals surface area contributed by atoms with Crippen LogP contribution in [0, 0.1) is 0 Å². The first kappa shape index (κ1) is 12.7. The zero-order valence-corrected chi connectivity index (χ0v) is 10.6. The Bertz CT molecular complexity index is 448. The van der Waals surface area contributed by atoms with Gasteiger partial charge in [-0.05, 0) is 31.9 Å². The molecular formula is C13H18N2O3. The third-order valence-electron chi connectivity index (χ3n) is 3.01. The summed E-state index contributed by atoms with van der Waals surface area (Å²) in [6.45, 7) is 1.97. The summed E-state index contributed by atoms with van der Waals surface area (Å²) >= 11 is 0. The summed E-state index contributed by atoms with van der Waals surface area (Å²) in [6, 6.07) is 5.12. The molecule has 1 amide bonds. The number of nitrogen functional groups attached to an aromatic ring is 1. The van der Waals surface area contributed by atoms with Crippen LogP contribution in [0.1, 0.15) is 19.8 Å². The topological polar surface area (TPSA) is 73.6 Å². The smallest absolute Gasteiger partial charge is 0.253 e. The largest absolute Gasteiger partial charge is 0.494 e. The molecule has 2 rings (SSSR count). The van der Waals surface area contributed by atoms with E-state index in [-0.39, 0.29) is 18.1 Å². The molecule has 1 aromatic rings. The monoisotopic (exact) mass is 250 g/mol. The number of hydrogen-bond acceptors (Lipinski definition) is 4. The second-order valence-electron chi connectivity index (χ2n) is 4.46. The SMILES string of the molecule is COc1cc(N)ccc1NC(=O)C1CCC(C)O1. The molecule has 1 fully saturated rings. The quantitative estimate of drug-likeness (QED) is 0.802. The Morgan fingerprint density at radius 1 is 1.50 bits per heavy atom. The molecular weight excluding hydrogens is 232 g/mol. The zero-order valence-electron chi connectivity index (χ0n) is 10.6. The Labute approximate surface area is 106 Å². The highest BCUT2D eigenvalue weighted by Gasteiger charge is 2.28. The minimum atomic E-state index is -0.373. The Balaban J connectivity index is 2.07. The molecule has 5 nitrogen and oxygen atoms in total. The van der Waals surface area contributed by atoms with Crippen molar-refractivity contribution in [3.63, 3.8) is 0 Å². The number of carbonyl (C=O) groups excluding carboxylic acids is 1. The van der Waals surface area contributed by atoms with E-state index in [1.165, 1.54) is 0 Å². The molecule has 1 saturated heterocycles. The van der Waals surface area contributed by atoms with Crippen LogP contribution in [0.15, 0.2) is 18.2 Å². The van der Waals surface area contributed by atoms with Gasteiger partial charge in [0.2, 0.25) is 0 Å². The Morgan fingerprint density at radius 2 is 2.28 bits per heavy atom. The van der Waals surface area contributed by atoms with Crippen LogP contribution in [-0.2, 0) is 9.53 Å². The van der Waals surface area contributed by atoms with Crippen LogP contribution >= 0.6 is 0 Å². The summed E-state index contributed by atoms with van der Waals surface area (Å²) in [5, 5.41) is 2.81. The van der Waals surface area contributed by atoms with E-state index in [1.807, 2.05) is 6.92 Å². The molecule has 2 atom stereocenters. The van der Waals surface area contributed by atoms with Crippen molar-refractivity contribution < 1.29 is 14.3 Å². The lowest BCUT2D eigenvalue weighted by atomic mass is 10.2. The molecule has 0 radical (unpaired) electrons. The van der Waals surface area contributed by atoms with E-state index in [1.54, 1.807) is 25.3 Å². The van der Waals surface area contributed by atoms with Crippen molar-refractivity contribution in [2.24, 2.45) is 0 Å². The molecule has 0 aliphatic carbocycles. The number of nitrogens with two attached hydrogens (primary N) is 1. The van der Waals surface area contributed by atoms with Crippen LogP contribution < -0.4 is 15.8 Å². The maximum atomic E-state index is 12.0. The molecule has 1 aromatic carbocycles. The first-order valence-electron chi connectivity index (χ1n) is 6.00. The van der Waals surface area contributed by atoms with Gasteiger partial charge in [-0.1, -0.05) is 0 Å². The number of ether oxygens (including phenoxy) is 2. The first-order chi connectivity index (χ1) is 8.60. The number of carbonyl (C=O) groups is 1. The predicted octanol–water partition coefficient (Wildman–Crippen LogP) is 1.78. The molecule has 1 aliphatic rings. The van der Waals surface area contributed by atoms with Gasteiger partial charge in [-0.3, -0.25) is 4.79 Å². The molecule has 0 bridgehead atoms. The van der Waals surface area contributed by atoms with E-state index in [0.717, 1.165) is 12.8 Å².